The molecule has 4 heterocycles. The summed E-state index contributed by atoms with van der Waals surface area (Å²) in [5, 5.41) is 10.1. The molecule has 0 bridgehead atoms. The Bertz CT molecular complexity index is 1350. The van der Waals surface area contributed by atoms with E-state index in [9.17, 15) is 4.79 Å². The summed E-state index contributed by atoms with van der Waals surface area (Å²) in [5.41, 5.74) is 5.22. The zero-order chi connectivity index (χ0) is 20.9. The van der Waals surface area contributed by atoms with E-state index < -0.39 is 0 Å². The molecule has 1 aliphatic heterocycles. The van der Waals surface area contributed by atoms with Gasteiger partial charge in [0.05, 0.1) is 5.69 Å². The third-order valence-corrected chi connectivity index (χ3v) is 6.85. The van der Waals surface area contributed by atoms with E-state index in [1.807, 2.05) is 11.6 Å². The summed E-state index contributed by atoms with van der Waals surface area (Å²) in [5.74, 6) is 1.04. The van der Waals surface area contributed by atoms with Crippen LogP contribution in [0.2, 0.25) is 0 Å². The molecule has 3 aromatic heterocycles. The normalized spacial score (nSPS) is 15.9. The second-order valence-electron chi connectivity index (χ2n) is 8.13. The molecule has 1 aromatic carbocycles. The minimum Gasteiger partial charge on any atom is -0.324 e. The number of anilines is 2. The van der Waals surface area contributed by atoms with Crippen LogP contribution >= 0.6 is 11.3 Å². The van der Waals surface area contributed by atoms with Crippen molar-refractivity contribution in [3.63, 3.8) is 0 Å². The molecule has 8 nitrogen and oxygen atoms in total. The summed E-state index contributed by atoms with van der Waals surface area (Å²) < 4.78 is 3.53. The largest absolute Gasteiger partial charge is 0.324 e. The van der Waals surface area contributed by atoms with E-state index in [1.165, 1.54) is 24.0 Å². The van der Waals surface area contributed by atoms with E-state index in [0.717, 1.165) is 36.0 Å². The first-order valence-corrected chi connectivity index (χ1v) is 11.6. The molecule has 0 unspecified atom stereocenters. The van der Waals surface area contributed by atoms with Crippen LogP contribution in [0, 0.1) is 0 Å². The molecule has 0 saturated heterocycles. The van der Waals surface area contributed by atoms with Crippen molar-refractivity contribution >= 4 is 34.0 Å². The van der Waals surface area contributed by atoms with Crippen molar-refractivity contribution in [1.82, 2.24) is 29.6 Å². The Morgan fingerprint density at radius 3 is 3.00 bits per heavy atom. The van der Waals surface area contributed by atoms with Crippen molar-refractivity contribution in [3.8, 4) is 5.13 Å². The lowest BCUT2D eigenvalue weighted by Gasteiger charge is -2.18. The second-order valence-corrected chi connectivity index (χ2v) is 8.96. The fourth-order valence-corrected chi connectivity index (χ4v) is 5.11. The van der Waals surface area contributed by atoms with Crippen molar-refractivity contribution in [2.45, 2.75) is 45.2 Å². The lowest BCUT2D eigenvalue weighted by atomic mass is 10.0. The van der Waals surface area contributed by atoms with Crippen molar-refractivity contribution < 1.29 is 0 Å². The zero-order valence-electron chi connectivity index (χ0n) is 17.3. The van der Waals surface area contributed by atoms with Gasteiger partial charge in [-0.25, -0.2) is 19.3 Å². The number of rotatable bonds is 5. The van der Waals surface area contributed by atoms with Gasteiger partial charge >= 0.3 is 0 Å². The molecule has 0 radical (unpaired) electrons. The number of benzene rings is 1. The van der Waals surface area contributed by atoms with E-state index in [-0.39, 0.29) is 5.56 Å². The van der Waals surface area contributed by atoms with Crippen LogP contribution in [-0.4, -0.2) is 30.9 Å². The fraction of sp³-hybridized carbons (Fsp3) is 0.364. The number of hydrogen-bond acceptors (Lipinski definition) is 7. The first kappa shape index (κ1) is 18.7. The Labute approximate surface area is 183 Å². The van der Waals surface area contributed by atoms with Gasteiger partial charge < -0.3 is 10.6 Å². The molecule has 1 fully saturated rings. The summed E-state index contributed by atoms with van der Waals surface area (Å²) in [6.07, 6.45) is 5.06. The van der Waals surface area contributed by atoms with E-state index in [4.69, 9.17) is 9.97 Å². The minimum absolute atomic E-state index is 0.0907. The van der Waals surface area contributed by atoms with E-state index in [1.54, 1.807) is 22.2 Å². The lowest BCUT2D eigenvalue weighted by molar-refractivity contribution is 0.573. The molecule has 0 spiro atoms. The highest BCUT2D eigenvalue weighted by molar-refractivity contribution is 7.12. The highest BCUT2D eigenvalue weighted by atomic mass is 32.1. The van der Waals surface area contributed by atoms with Crippen molar-refractivity contribution in [1.29, 1.82) is 0 Å². The molecular weight excluding hydrogens is 410 g/mol. The Balaban J connectivity index is 1.42. The maximum Gasteiger partial charge on any atom is 0.278 e. The van der Waals surface area contributed by atoms with Gasteiger partial charge in [-0.05, 0) is 56.0 Å². The van der Waals surface area contributed by atoms with Crippen LogP contribution in [0.15, 0.2) is 34.6 Å². The maximum atomic E-state index is 12.9. The third-order valence-electron chi connectivity index (χ3n) is 6.01. The molecule has 4 aromatic rings. The third kappa shape index (κ3) is 3.24. The van der Waals surface area contributed by atoms with Gasteiger partial charge in [0, 0.05) is 36.3 Å². The number of nitrogens with zero attached hydrogens (tertiary/aromatic N) is 5. The summed E-state index contributed by atoms with van der Waals surface area (Å²) in [7, 11) is 0. The molecule has 9 heteroatoms. The standard InChI is InChI=1S/C22H23N7OS/c1-2-28-20(30)17-11-24-21(25-16-6-5-13-7-8-23-10-15(13)9-16)27-19(17)29(28)22-26-18(12-31-22)14-3-4-14/h5-6,9,11-12,14,23H,2-4,7-8,10H2,1H3,(H,24,25,27). The van der Waals surface area contributed by atoms with Crippen LogP contribution in [0.1, 0.15) is 42.5 Å². The molecule has 0 atom stereocenters. The Hall–Kier alpha value is -3.04. The topological polar surface area (TPSA) is 89.7 Å². The van der Waals surface area contributed by atoms with Crippen LogP contribution in [0.3, 0.4) is 0 Å². The number of thiazole rings is 1. The summed E-state index contributed by atoms with van der Waals surface area (Å²) in [6.45, 7) is 4.38. The fourth-order valence-electron chi connectivity index (χ4n) is 4.20. The van der Waals surface area contributed by atoms with Crippen LogP contribution in [0.25, 0.3) is 16.2 Å². The first-order chi connectivity index (χ1) is 15.2. The Morgan fingerprint density at radius 1 is 1.26 bits per heavy atom. The summed E-state index contributed by atoms with van der Waals surface area (Å²) >= 11 is 1.56. The molecule has 6 rings (SSSR count). The lowest BCUT2D eigenvalue weighted by Crippen LogP contribution is -2.23. The molecule has 31 heavy (non-hydrogen) atoms. The zero-order valence-corrected chi connectivity index (χ0v) is 18.1. The predicted octanol–water partition coefficient (Wildman–Crippen LogP) is 3.33. The Kier molecular flexibility index (Phi) is 4.39. The van der Waals surface area contributed by atoms with Crippen LogP contribution in [0.4, 0.5) is 11.6 Å². The molecule has 1 aliphatic carbocycles. The van der Waals surface area contributed by atoms with E-state index >= 15 is 0 Å². The predicted molar refractivity (Wildman–Crippen MR) is 122 cm³/mol. The minimum atomic E-state index is -0.0907. The van der Waals surface area contributed by atoms with Crippen LogP contribution < -0.4 is 16.2 Å². The molecule has 2 N–H and O–H groups in total. The van der Waals surface area contributed by atoms with Gasteiger partial charge in [0.15, 0.2) is 5.65 Å². The van der Waals surface area contributed by atoms with E-state index in [0.29, 0.717) is 29.4 Å². The highest BCUT2D eigenvalue weighted by Gasteiger charge is 2.27. The van der Waals surface area contributed by atoms with Gasteiger partial charge in [-0.2, -0.15) is 4.98 Å². The van der Waals surface area contributed by atoms with Gasteiger partial charge in [0.25, 0.3) is 5.56 Å². The van der Waals surface area contributed by atoms with Crippen molar-refractivity contribution in [2.24, 2.45) is 0 Å². The summed E-state index contributed by atoms with van der Waals surface area (Å²) in [6, 6.07) is 6.36. The number of hydrogen-bond donors (Lipinski definition) is 2. The maximum absolute atomic E-state index is 12.9. The van der Waals surface area contributed by atoms with Crippen LogP contribution in [-0.2, 0) is 19.5 Å². The van der Waals surface area contributed by atoms with Crippen LogP contribution in [0.5, 0.6) is 0 Å². The SMILES string of the molecule is CCn1c(=O)c2cnc(Nc3ccc4c(c3)CNCC4)nc2n1-c1nc(C2CC2)cs1. The molecule has 2 aliphatic rings. The van der Waals surface area contributed by atoms with Gasteiger partial charge in [-0.1, -0.05) is 6.07 Å². The summed E-state index contributed by atoms with van der Waals surface area (Å²) in [4.78, 5) is 26.9. The molecule has 1 saturated carbocycles. The molecule has 0 amide bonds. The monoisotopic (exact) mass is 433 g/mol. The van der Waals surface area contributed by atoms with Crippen molar-refractivity contribution in [2.75, 3.05) is 11.9 Å². The number of aromatic nitrogens is 5. The van der Waals surface area contributed by atoms with Gasteiger partial charge in [0.2, 0.25) is 11.1 Å². The van der Waals surface area contributed by atoms with E-state index in [2.05, 4.69) is 39.2 Å². The second kappa shape index (κ2) is 7.28. The smallest absolute Gasteiger partial charge is 0.278 e. The van der Waals surface area contributed by atoms with Crippen molar-refractivity contribution in [3.05, 3.63) is 57.0 Å². The van der Waals surface area contributed by atoms with Gasteiger partial charge in [-0.15, -0.1) is 11.3 Å². The van der Waals surface area contributed by atoms with Gasteiger partial charge in [0.1, 0.15) is 5.39 Å². The number of fused-ring (bicyclic) bond motifs is 2. The van der Waals surface area contributed by atoms with Gasteiger partial charge in [-0.3, -0.25) is 4.79 Å². The average Bonchev–Trinajstić information content (AvgIpc) is 3.47. The molecular formula is C22H23N7OS. The number of nitrogens with one attached hydrogen (secondary N) is 2. The first-order valence-electron chi connectivity index (χ1n) is 10.7. The average molecular weight is 434 g/mol. The molecule has 158 valence electrons. The quantitative estimate of drug-likeness (QED) is 0.502. The highest BCUT2D eigenvalue weighted by Crippen LogP contribution is 2.40. The Morgan fingerprint density at radius 2 is 2.16 bits per heavy atom.